The minimum atomic E-state index is -4.44. The molecule has 0 atom stereocenters. The maximum absolute atomic E-state index is 12.8. The molecule has 8 nitrogen and oxygen atoms in total. The van der Waals surface area contributed by atoms with Crippen molar-refractivity contribution < 1.29 is 37.0 Å². The van der Waals surface area contributed by atoms with Gasteiger partial charge in [0.05, 0.1) is 25.9 Å². The Morgan fingerprint density at radius 2 is 1.71 bits per heavy atom. The van der Waals surface area contributed by atoms with Gasteiger partial charge >= 0.3 is 18.1 Å². The first-order valence-electron chi connectivity index (χ1n) is 10.4. The van der Waals surface area contributed by atoms with E-state index in [1.807, 2.05) is 0 Å². The van der Waals surface area contributed by atoms with Gasteiger partial charge in [-0.15, -0.1) is 0 Å². The van der Waals surface area contributed by atoms with Crippen LogP contribution >= 0.6 is 0 Å². The summed E-state index contributed by atoms with van der Waals surface area (Å²) >= 11 is 0. The smallest absolute Gasteiger partial charge is 0.416 e. The van der Waals surface area contributed by atoms with Crippen LogP contribution in [0.4, 0.5) is 24.7 Å². The van der Waals surface area contributed by atoms with E-state index >= 15 is 0 Å². The summed E-state index contributed by atoms with van der Waals surface area (Å²) in [5.74, 6) is -0.492. The van der Waals surface area contributed by atoms with Crippen LogP contribution in [0.15, 0.2) is 54.9 Å². The maximum atomic E-state index is 12.8. The van der Waals surface area contributed by atoms with Crippen LogP contribution in [0.25, 0.3) is 11.3 Å². The van der Waals surface area contributed by atoms with Crippen LogP contribution in [0, 0.1) is 0 Å². The van der Waals surface area contributed by atoms with Gasteiger partial charge < -0.3 is 19.5 Å². The van der Waals surface area contributed by atoms with Gasteiger partial charge in [-0.2, -0.15) is 13.2 Å². The van der Waals surface area contributed by atoms with Crippen LogP contribution in [-0.4, -0.2) is 42.2 Å². The second-order valence-electron chi connectivity index (χ2n) is 7.20. The van der Waals surface area contributed by atoms with Crippen LogP contribution in [0.3, 0.4) is 0 Å². The Morgan fingerprint density at radius 1 is 1.00 bits per heavy atom. The zero-order valence-electron chi connectivity index (χ0n) is 18.9. The number of carbonyl (C=O) groups is 2. The Balaban J connectivity index is 1.86. The predicted molar refractivity (Wildman–Crippen MR) is 120 cm³/mol. The van der Waals surface area contributed by atoms with E-state index in [2.05, 4.69) is 15.3 Å². The van der Waals surface area contributed by atoms with E-state index in [4.69, 9.17) is 14.2 Å². The SMILES string of the molecule is COC(=O)c1ccc(-c2nccnc2Nc2ccc(C(F)(F)F)cc2)cc1OCCCOC(C)=O. The number of aromatic nitrogens is 2. The van der Waals surface area contributed by atoms with E-state index in [0.29, 0.717) is 29.2 Å². The summed E-state index contributed by atoms with van der Waals surface area (Å²) in [4.78, 5) is 31.6. The van der Waals surface area contributed by atoms with E-state index < -0.39 is 23.7 Å². The van der Waals surface area contributed by atoms with Gasteiger partial charge in [0.2, 0.25) is 0 Å². The van der Waals surface area contributed by atoms with Crippen molar-refractivity contribution in [3.05, 3.63) is 66.0 Å². The molecule has 0 spiro atoms. The Bertz CT molecular complexity index is 1180. The molecule has 184 valence electrons. The van der Waals surface area contributed by atoms with Gasteiger partial charge in [-0.1, -0.05) is 6.07 Å². The molecule has 1 heterocycles. The van der Waals surface area contributed by atoms with Crippen molar-refractivity contribution in [2.45, 2.75) is 19.5 Å². The fourth-order valence-corrected chi connectivity index (χ4v) is 3.04. The van der Waals surface area contributed by atoms with Crippen molar-refractivity contribution in [1.82, 2.24) is 9.97 Å². The minimum Gasteiger partial charge on any atom is -0.493 e. The van der Waals surface area contributed by atoms with Crippen LogP contribution in [0.2, 0.25) is 0 Å². The quantitative estimate of drug-likeness (QED) is 0.330. The molecule has 0 bridgehead atoms. The van der Waals surface area contributed by atoms with Crippen molar-refractivity contribution in [2.75, 3.05) is 25.6 Å². The molecule has 35 heavy (non-hydrogen) atoms. The summed E-state index contributed by atoms with van der Waals surface area (Å²) < 4.78 is 53.9. The fourth-order valence-electron chi connectivity index (χ4n) is 3.04. The number of rotatable bonds is 9. The Labute approximate surface area is 199 Å². The first kappa shape index (κ1) is 25.5. The molecule has 11 heteroatoms. The molecule has 0 saturated carbocycles. The lowest BCUT2D eigenvalue weighted by Gasteiger charge is -2.14. The summed E-state index contributed by atoms with van der Waals surface area (Å²) in [6.07, 6.45) is -1.14. The molecule has 0 amide bonds. The summed E-state index contributed by atoms with van der Waals surface area (Å²) in [6, 6.07) is 9.23. The third kappa shape index (κ3) is 6.92. The molecular formula is C24H22F3N3O5. The molecule has 1 aromatic heterocycles. The molecule has 0 radical (unpaired) electrons. The number of carbonyl (C=O) groups excluding carboxylic acids is 2. The lowest BCUT2D eigenvalue weighted by Crippen LogP contribution is -2.09. The number of nitrogens with one attached hydrogen (secondary N) is 1. The number of methoxy groups -OCH3 is 1. The van der Waals surface area contributed by atoms with Crippen LogP contribution in [0.1, 0.15) is 29.3 Å². The molecule has 0 aliphatic carbocycles. The number of hydrogen-bond acceptors (Lipinski definition) is 8. The van der Waals surface area contributed by atoms with E-state index in [1.54, 1.807) is 12.1 Å². The average Bonchev–Trinajstić information content (AvgIpc) is 2.83. The number of halogens is 3. The molecule has 0 saturated heterocycles. The van der Waals surface area contributed by atoms with E-state index in [-0.39, 0.29) is 24.5 Å². The standard InChI is InChI=1S/C24H22F3N3O5/c1-15(31)34-12-3-13-35-20-14-16(4-9-19(20)23(32)33-2)21-22(29-11-10-28-21)30-18-7-5-17(6-8-18)24(25,26)27/h4-11,14H,3,12-13H2,1-2H3,(H,29,30). The highest BCUT2D eigenvalue weighted by Gasteiger charge is 2.30. The number of benzene rings is 2. The van der Waals surface area contributed by atoms with Crippen molar-refractivity contribution in [2.24, 2.45) is 0 Å². The molecule has 0 aliphatic rings. The summed E-state index contributed by atoms with van der Waals surface area (Å²) in [5, 5.41) is 2.97. The highest BCUT2D eigenvalue weighted by atomic mass is 19.4. The van der Waals surface area contributed by atoms with Crippen LogP contribution in [0.5, 0.6) is 5.75 Å². The van der Waals surface area contributed by atoms with Gasteiger partial charge in [0.25, 0.3) is 0 Å². The highest BCUT2D eigenvalue weighted by molar-refractivity contribution is 5.93. The number of ether oxygens (including phenoxy) is 3. The highest BCUT2D eigenvalue weighted by Crippen LogP contribution is 2.33. The van der Waals surface area contributed by atoms with Crippen LogP contribution in [-0.2, 0) is 20.4 Å². The second kappa shape index (κ2) is 11.3. The lowest BCUT2D eigenvalue weighted by molar-refractivity contribution is -0.141. The van der Waals surface area contributed by atoms with Crippen molar-refractivity contribution in [1.29, 1.82) is 0 Å². The van der Waals surface area contributed by atoms with Gasteiger partial charge in [-0.05, 0) is 36.4 Å². The topological polar surface area (TPSA) is 99.6 Å². The molecule has 0 fully saturated rings. The summed E-state index contributed by atoms with van der Waals surface area (Å²) in [6.45, 7) is 1.63. The van der Waals surface area contributed by atoms with Crippen molar-refractivity contribution in [3.63, 3.8) is 0 Å². The van der Waals surface area contributed by atoms with Gasteiger partial charge in [-0.25, -0.2) is 9.78 Å². The Kier molecular flexibility index (Phi) is 8.24. The van der Waals surface area contributed by atoms with Gasteiger partial charge in [0.1, 0.15) is 17.0 Å². The number of anilines is 2. The Hall–Kier alpha value is -4.15. The van der Waals surface area contributed by atoms with Crippen molar-refractivity contribution in [3.8, 4) is 17.0 Å². The molecule has 3 rings (SSSR count). The van der Waals surface area contributed by atoms with Crippen molar-refractivity contribution >= 4 is 23.4 Å². The minimum absolute atomic E-state index is 0.161. The molecule has 2 aromatic carbocycles. The first-order valence-corrected chi connectivity index (χ1v) is 10.4. The normalized spacial score (nSPS) is 11.0. The van der Waals surface area contributed by atoms with E-state index in [9.17, 15) is 22.8 Å². The second-order valence-corrected chi connectivity index (χ2v) is 7.20. The van der Waals surface area contributed by atoms with Gasteiger partial charge in [0.15, 0.2) is 5.82 Å². The third-order valence-electron chi connectivity index (χ3n) is 4.69. The molecule has 0 unspecified atom stereocenters. The largest absolute Gasteiger partial charge is 0.493 e. The number of hydrogen-bond donors (Lipinski definition) is 1. The van der Waals surface area contributed by atoms with E-state index in [1.165, 1.54) is 44.6 Å². The summed E-state index contributed by atoms with van der Waals surface area (Å²) in [5.41, 5.74) is 0.720. The Morgan fingerprint density at radius 3 is 2.37 bits per heavy atom. The molecule has 1 N–H and O–H groups in total. The van der Waals surface area contributed by atoms with Gasteiger partial charge in [0, 0.05) is 37.0 Å². The zero-order valence-corrected chi connectivity index (χ0v) is 18.9. The molecule has 0 aliphatic heterocycles. The monoisotopic (exact) mass is 489 g/mol. The molecular weight excluding hydrogens is 467 g/mol. The first-order chi connectivity index (χ1) is 16.7. The number of nitrogens with zero attached hydrogens (tertiary/aromatic N) is 2. The lowest BCUT2D eigenvalue weighted by atomic mass is 10.1. The van der Waals surface area contributed by atoms with E-state index in [0.717, 1.165) is 12.1 Å². The third-order valence-corrected chi connectivity index (χ3v) is 4.69. The number of esters is 2. The van der Waals surface area contributed by atoms with Crippen LogP contribution < -0.4 is 10.1 Å². The summed E-state index contributed by atoms with van der Waals surface area (Å²) in [7, 11) is 1.25. The fraction of sp³-hybridized carbons (Fsp3) is 0.250. The zero-order chi connectivity index (χ0) is 25.4. The average molecular weight is 489 g/mol. The van der Waals surface area contributed by atoms with Gasteiger partial charge in [-0.3, -0.25) is 9.78 Å². The molecule has 3 aromatic rings. The maximum Gasteiger partial charge on any atom is 0.416 e. The number of alkyl halides is 3. The predicted octanol–water partition coefficient (Wildman–Crippen LogP) is 5.02.